The normalized spacial score (nSPS) is 18.6. The topological polar surface area (TPSA) is 78.7 Å². The van der Waals surface area contributed by atoms with Gasteiger partial charge in [-0.25, -0.2) is 0 Å². The van der Waals surface area contributed by atoms with Gasteiger partial charge in [-0.1, -0.05) is 12.1 Å². The van der Waals surface area contributed by atoms with Crippen molar-refractivity contribution in [1.29, 1.82) is 0 Å². The van der Waals surface area contributed by atoms with Crippen LogP contribution in [0.4, 0.5) is 17.1 Å². The van der Waals surface area contributed by atoms with Gasteiger partial charge in [0.2, 0.25) is 5.91 Å². The van der Waals surface area contributed by atoms with Crippen molar-refractivity contribution in [2.75, 3.05) is 42.3 Å². The Bertz CT molecular complexity index is 915. The van der Waals surface area contributed by atoms with E-state index in [4.69, 9.17) is 5.73 Å². The van der Waals surface area contributed by atoms with Gasteiger partial charge in [0, 0.05) is 50.9 Å². The second-order valence-electron chi connectivity index (χ2n) is 7.81. The van der Waals surface area contributed by atoms with E-state index in [9.17, 15) is 9.59 Å². The Hall–Kier alpha value is -3.02. The van der Waals surface area contributed by atoms with Gasteiger partial charge in [-0.05, 0) is 48.2 Å². The molecular formula is C22H26N4O2. The summed E-state index contributed by atoms with van der Waals surface area (Å²) in [7, 11) is 3.99. The van der Waals surface area contributed by atoms with Crippen molar-refractivity contribution in [2.45, 2.75) is 25.2 Å². The summed E-state index contributed by atoms with van der Waals surface area (Å²) >= 11 is 0. The number of nitrogens with two attached hydrogens (primary N) is 1. The van der Waals surface area contributed by atoms with Crippen molar-refractivity contribution in [1.82, 2.24) is 0 Å². The van der Waals surface area contributed by atoms with Gasteiger partial charge in [-0.2, -0.15) is 0 Å². The first kappa shape index (κ1) is 18.3. The highest BCUT2D eigenvalue weighted by Gasteiger charge is 2.30. The molecule has 6 nitrogen and oxygen atoms in total. The van der Waals surface area contributed by atoms with Crippen LogP contribution >= 0.6 is 0 Å². The van der Waals surface area contributed by atoms with Gasteiger partial charge in [-0.3, -0.25) is 9.59 Å². The van der Waals surface area contributed by atoms with Crippen molar-refractivity contribution >= 4 is 28.9 Å². The molecule has 0 saturated carbocycles. The number of hydrogen-bond acceptors (Lipinski definition) is 4. The molecule has 2 aromatic carbocycles. The molecule has 2 aliphatic heterocycles. The van der Waals surface area contributed by atoms with E-state index in [1.54, 1.807) is 0 Å². The van der Waals surface area contributed by atoms with Crippen LogP contribution in [-0.2, 0) is 4.79 Å². The number of hydrogen-bond donors (Lipinski definition) is 2. The summed E-state index contributed by atoms with van der Waals surface area (Å²) in [6.45, 7) is 1.81. The lowest BCUT2D eigenvalue weighted by Gasteiger charge is -2.30. The van der Waals surface area contributed by atoms with E-state index in [2.05, 4.69) is 34.5 Å². The van der Waals surface area contributed by atoms with E-state index in [0.29, 0.717) is 12.0 Å². The summed E-state index contributed by atoms with van der Waals surface area (Å²) in [5.41, 5.74) is 11.0. The van der Waals surface area contributed by atoms with Crippen LogP contribution in [0.2, 0.25) is 0 Å². The summed E-state index contributed by atoms with van der Waals surface area (Å²) in [6, 6.07) is 12.0. The van der Waals surface area contributed by atoms with Crippen LogP contribution in [0.5, 0.6) is 0 Å². The van der Waals surface area contributed by atoms with Crippen molar-refractivity contribution in [3.8, 4) is 0 Å². The second kappa shape index (κ2) is 7.19. The molecule has 0 bridgehead atoms. The van der Waals surface area contributed by atoms with E-state index < -0.39 is 5.91 Å². The lowest BCUT2D eigenvalue weighted by atomic mass is 9.83. The maximum atomic E-state index is 12.4. The molecule has 1 atom stereocenters. The van der Waals surface area contributed by atoms with Crippen LogP contribution in [-0.4, -0.2) is 39.0 Å². The summed E-state index contributed by atoms with van der Waals surface area (Å²) in [4.78, 5) is 28.8. The zero-order chi connectivity index (χ0) is 19.8. The average Bonchev–Trinajstić information content (AvgIpc) is 3.21. The molecule has 1 saturated heterocycles. The predicted molar refractivity (Wildman–Crippen MR) is 112 cm³/mol. The SMILES string of the molecule is CN(C)c1ccc([C@H]2CC(=O)Nc3cc(N4CCCC4)c(C(N)=O)cc32)cc1. The molecule has 0 aromatic heterocycles. The molecule has 28 heavy (non-hydrogen) atoms. The van der Waals surface area contributed by atoms with Gasteiger partial charge in [0.15, 0.2) is 0 Å². The van der Waals surface area contributed by atoms with E-state index in [0.717, 1.165) is 54.1 Å². The fourth-order valence-electron chi connectivity index (χ4n) is 4.22. The average molecular weight is 378 g/mol. The number of carbonyl (C=O) groups excluding carboxylic acids is 2. The Balaban J connectivity index is 1.79. The third kappa shape index (κ3) is 3.30. The Kier molecular flexibility index (Phi) is 4.71. The molecule has 2 aromatic rings. The zero-order valence-corrected chi connectivity index (χ0v) is 16.4. The summed E-state index contributed by atoms with van der Waals surface area (Å²) in [5.74, 6) is -0.526. The maximum absolute atomic E-state index is 12.4. The minimum Gasteiger partial charge on any atom is -0.378 e. The number of benzene rings is 2. The number of nitrogens with zero attached hydrogens (tertiary/aromatic N) is 2. The van der Waals surface area contributed by atoms with Crippen molar-refractivity contribution in [3.05, 3.63) is 53.1 Å². The number of fused-ring (bicyclic) bond motifs is 1. The molecule has 2 amide bonds. The minimum absolute atomic E-state index is 0.00613. The summed E-state index contributed by atoms with van der Waals surface area (Å²) in [5, 5.41) is 2.99. The van der Waals surface area contributed by atoms with Gasteiger partial charge in [0.1, 0.15) is 0 Å². The highest BCUT2D eigenvalue weighted by Crippen LogP contribution is 2.41. The molecule has 0 spiro atoms. The summed E-state index contributed by atoms with van der Waals surface area (Å²) < 4.78 is 0. The lowest BCUT2D eigenvalue weighted by molar-refractivity contribution is -0.116. The number of carbonyl (C=O) groups is 2. The predicted octanol–water partition coefficient (Wildman–Crippen LogP) is 2.93. The van der Waals surface area contributed by atoms with Gasteiger partial charge < -0.3 is 20.9 Å². The number of amides is 2. The number of rotatable bonds is 4. The van der Waals surface area contributed by atoms with Crippen LogP contribution in [0.3, 0.4) is 0 Å². The Morgan fingerprint density at radius 3 is 2.43 bits per heavy atom. The first-order chi connectivity index (χ1) is 13.4. The standard InChI is InChI=1S/C22H26N4O2/c1-25(2)15-7-5-14(6-8-15)16-12-21(27)24-19-13-20(26-9-3-4-10-26)18(22(23)28)11-17(16)19/h5-8,11,13,16H,3-4,9-10,12H2,1-2H3,(H2,23,28)(H,24,27)/t16-/m1/s1. The minimum atomic E-state index is -0.427. The quantitative estimate of drug-likeness (QED) is 0.857. The molecular weight excluding hydrogens is 352 g/mol. The lowest BCUT2D eigenvalue weighted by Crippen LogP contribution is -2.27. The fraction of sp³-hybridized carbons (Fsp3) is 0.364. The fourth-order valence-corrected chi connectivity index (χ4v) is 4.22. The highest BCUT2D eigenvalue weighted by molar-refractivity contribution is 6.03. The van der Waals surface area contributed by atoms with Crippen LogP contribution in [0, 0.1) is 0 Å². The maximum Gasteiger partial charge on any atom is 0.250 e. The van der Waals surface area contributed by atoms with E-state index in [-0.39, 0.29) is 11.8 Å². The number of nitrogens with one attached hydrogen (secondary N) is 1. The van der Waals surface area contributed by atoms with E-state index in [1.165, 1.54) is 0 Å². The Morgan fingerprint density at radius 1 is 1.14 bits per heavy atom. The molecule has 1 fully saturated rings. The Morgan fingerprint density at radius 2 is 1.82 bits per heavy atom. The van der Waals surface area contributed by atoms with Crippen molar-refractivity contribution in [3.63, 3.8) is 0 Å². The Labute approximate surface area is 165 Å². The first-order valence-electron chi connectivity index (χ1n) is 9.74. The molecule has 2 heterocycles. The van der Waals surface area contributed by atoms with Crippen LogP contribution in [0.15, 0.2) is 36.4 Å². The largest absolute Gasteiger partial charge is 0.378 e. The van der Waals surface area contributed by atoms with Crippen LogP contribution < -0.4 is 20.9 Å². The second-order valence-corrected chi connectivity index (χ2v) is 7.81. The smallest absolute Gasteiger partial charge is 0.250 e. The van der Waals surface area contributed by atoms with Gasteiger partial charge in [0.25, 0.3) is 5.91 Å². The highest BCUT2D eigenvalue weighted by atomic mass is 16.2. The van der Waals surface area contributed by atoms with E-state index in [1.807, 2.05) is 31.1 Å². The third-order valence-electron chi connectivity index (χ3n) is 5.73. The molecule has 0 aliphatic carbocycles. The van der Waals surface area contributed by atoms with Crippen molar-refractivity contribution in [2.24, 2.45) is 5.73 Å². The van der Waals surface area contributed by atoms with Gasteiger partial charge in [0.05, 0.1) is 11.3 Å². The molecule has 0 radical (unpaired) electrons. The van der Waals surface area contributed by atoms with Crippen LogP contribution in [0.1, 0.15) is 46.7 Å². The van der Waals surface area contributed by atoms with Gasteiger partial charge >= 0.3 is 0 Å². The van der Waals surface area contributed by atoms with E-state index >= 15 is 0 Å². The third-order valence-corrected chi connectivity index (χ3v) is 5.73. The van der Waals surface area contributed by atoms with Crippen molar-refractivity contribution < 1.29 is 9.59 Å². The molecule has 2 aliphatic rings. The number of primary amides is 1. The molecule has 146 valence electrons. The molecule has 3 N–H and O–H groups in total. The zero-order valence-electron chi connectivity index (χ0n) is 16.4. The first-order valence-corrected chi connectivity index (χ1v) is 9.74. The molecule has 6 heteroatoms. The molecule has 0 unspecified atom stereocenters. The summed E-state index contributed by atoms with van der Waals surface area (Å²) in [6.07, 6.45) is 2.56. The molecule has 4 rings (SSSR count). The monoisotopic (exact) mass is 378 g/mol. The van der Waals surface area contributed by atoms with Gasteiger partial charge in [-0.15, -0.1) is 0 Å². The van der Waals surface area contributed by atoms with Crippen LogP contribution in [0.25, 0.3) is 0 Å². The number of anilines is 3.